The molecule has 1 saturated heterocycles. The molecule has 6 heteroatoms. The molecule has 1 aliphatic rings. The Hall–Kier alpha value is -0.200. The zero-order valence-electron chi connectivity index (χ0n) is 7.62. The molecule has 0 aromatic heterocycles. The number of rotatable bonds is 2. The summed E-state index contributed by atoms with van der Waals surface area (Å²) in [6, 6.07) is 0. The predicted molar refractivity (Wildman–Crippen MR) is 44.7 cm³/mol. The van der Waals surface area contributed by atoms with Crippen LogP contribution in [-0.2, 0) is 19.7 Å². The minimum atomic E-state index is -4.50. The Labute approximate surface area is 77.2 Å². The lowest BCUT2D eigenvalue weighted by atomic mass is 10.0. The first-order valence-electron chi connectivity index (χ1n) is 3.99. The SMILES string of the molecule is CC1(C)OCCOC1CS(=O)(=O)F. The van der Waals surface area contributed by atoms with E-state index in [1.807, 2.05) is 0 Å². The molecule has 0 aromatic rings. The second-order valence-corrected chi connectivity index (χ2v) is 4.93. The maximum Gasteiger partial charge on any atom is 0.305 e. The van der Waals surface area contributed by atoms with E-state index in [4.69, 9.17) is 9.47 Å². The van der Waals surface area contributed by atoms with Gasteiger partial charge in [-0.05, 0) is 13.8 Å². The van der Waals surface area contributed by atoms with Gasteiger partial charge in [0.2, 0.25) is 0 Å². The second kappa shape index (κ2) is 3.51. The third kappa shape index (κ3) is 3.21. The molecule has 0 radical (unpaired) electrons. The smallest absolute Gasteiger partial charge is 0.305 e. The number of ether oxygens (including phenoxy) is 2. The van der Waals surface area contributed by atoms with Crippen LogP contribution in [0.4, 0.5) is 3.89 Å². The maximum absolute atomic E-state index is 12.4. The van der Waals surface area contributed by atoms with Gasteiger partial charge in [-0.3, -0.25) is 0 Å². The average molecular weight is 212 g/mol. The molecule has 0 amide bonds. The Morgan fingerprint density at radius 1 is 1.46 bits per heavy atom. The van der Waals surface area contributed by atoms with Crippen LogP contribution in [0.25, 0.3) is 0 Å². The van der Waals surface area contributed by atoms with Crippen molar-refractivity contribution in [2.24, 2.45) is 0 Å². The Bertz CT molecular complexity index is 272. The quantitative estimate of drug-likeness (QED) is 0.625. The van der Waals surface area contributed by atoms with Gasteiger partial charge in [0.05, 0.1) is 18.8 Å². The lowest BCUT2D eigenvalue weighted by Gasteiger charge is -2.37. The van der Waals surface area contributed by atoms with E-state index in [0.29, 0.717) is 13.2 Å². The zero-order valence-corrected chi connectivity index (χ0v) is 8.43. The second-order valence-electron chi connectivity index (χ2n) is 3.52. The van der Waals surface area contributed by atoms with Gasteiger partial charge in [0.25, 0.3) is 0 Å². The Balaban J connectivity index is 2.67. The lowest BCUT2D eigenvalue weighted by Crippen LogP contribution is -2.49. The van der Waals surface area contributed by atoms with Gasteiger partial charge in [-0.1, -0.05) is 0 Å². The van der Waals surface area contributed by atoms with Gasteiger partial charge < -0.3 is 9.47 Å². The molecule has 4 nitrogen and oxygen atoms in total. The average Bonchev–Trinajstić information content (AvgIpc) is 1.91. The molecule has 0 spiro atoms. The van der Waals surface area contributed by atoms with Gasteiger partial charge in [0, 0.05) is 0 Å². The van der Waals surface area contributed by atoms with E-state index < -0.39 is 27.7 Å². The van der Waals surface area contributed by atoms with Crippen LogP contribution in [0.15, 0.2) is 0 Å². The molecule has 1 fully saturated rings. The topological polar surface area (TPSA) is 52.6 Å². The van der Waals surface area contributed by atoms with E-state index in [2.05, 4.69) is 0 Å². The molecule has 1 unspecified atom stereocenters. The fourth-order valence-electron chi connectivity index (χ4n) is 1.22. The molecule has 13 heavy (non-hydrogen) atoms. The van der Waals surface area contributed by atoms with Gasteiger partial charge in [0.15, 0.2) is 0 Å². The summed E-state index contributed by atoms with van der Waals surface area (Å²) < 4.78 is 43.5. The van der Waals surface area contributed by atoms with E-state index in [-0.39, 0.29) is 0 Å². The fraction of sp³-hybridized carbons (Fsp3) is 1.00. The molecule has 0 N–H and O–H groups in total. The third-order valence-electron chi connectivity index (χ3n) is 2.00. The summed E-state index contributed by atoms with van der Waals surface area (Å²) in [4.78, 5) is 0. The van der Waals surface area contributed by atoms with Crippen molar-refractivity contribution in [1.82, 2.24) is 0 Å². The van der Waals surface area contributed by atoms with Crippen LogP contribution < -0.4 is 0 Å². The lowest BCUT2D eigenvalue weighted by molar-refractivity contribution is -0.178. The van der Waals surface area contributed by atoms with Crippen molar-refractivity contribution in [1.29, 1.82) is 0 Å². The standard InChI is InChI=1S/C7H13FO4S/c1-7(2)6(5-13(8,9)10)11-3-4-12-7/h6H,3-5H2,1-2H3. The minimum Gasteiger partial charge on any atom is -0.372 e. The van der Waals surface area contributed by atoms with Crippen LogP contribution in [0, 0.1) is 0 Å². The molecule has 0 aromatic carbocycles. The van der Waals surface area contributed by atoms with Crippen LogP contribution in [0.1, 0.15) is 13.8 Å². The number of halogens is 1. The largest absolute Gasteiger partial charge is 0.372 e. The molecule has 1 atom stereocenters. The molecular formula is C7H13FO4S. The summed E-state index contributed by atoms with van der Waals surface area (Å²) in [6.07, 6.45) is -0.726. The van der Waals surface area contributed by atoms with Gasteiger partial charge in [-0.2, -0.15) is 8.42 Å². The molecule has 78 valence electrons. The van der Waals surface area contributed by atoms with Gasteiger partial charge in [0.1, 0.15) is 11.9 Å². The normalized spacial score (nSPS) is 28.7. The van der Waals surface area contributed by atoms with Crippen molar-refractivity contribution in [2.75, 3.05) is 19.0 Å². The molecule has 0 aliphatic carbocycles. The molecule has 1 aliphatic heterocycles. The highest BCUT2D eigenvalue weighted by Crippen LogP contribution is 2.23. The summed E-state index contributed by atoms with van der Waals surface area (Å²) in [5.41, 5.74) is -0.739. The highest BCUT2D eigenvalue weighted by Gasteiger charge is 2.37. The van der Waals surface area contributed by atoms with Crippen molar-refractivity contribution >= 4 is 10.2 Å². The van der Waals surface area contributed by atoms with Crippen molar-refractivity contribution in [3.63, 3.8) is 0 Å². The summed E-state index contributed by atoms with van der Waals surface area (Å²) in [5.74, 6) is -0.639. The third-order valence-corrected chi connectivity index (χ3v) is 2.70. The van der Waals surface area contributed by atoms with Crippen molar-refractivity contribution in [2.45, 2.75) is 25.6 Å². The number of hydrogen-bond donors (Lipinski definition) is 0. The Kier molecular flexibility index (Phi) is 2.94. The van der Waals surface area contributed by atoms with Crippen molar-refractivity contribution in [3.8, 4) is 0 Å². The van der Waals surface area contributed by atoms with E-state index >= 15 is 0 Å². The highest BCUT2D eigenvalue weighted by molar-refractivity contribution is 7.86. The summed E-state index contributed by atoms with van der Waals surface area (Å²) in [5, 5.41) is 0. The van der Waals surface area contributed by atoms with Crippen molar-refractivity contribution < 1.29 is 21.8 Å². The van der Waals surface area contributed by atoms with Crippen molar-refractivity contribution in [3.05, 3.63) is 0 Å². The van der Waals surface area contributed by atoms with E-state index in [1.54, 1.807) is 13.8 Å². The molecular weight excluding hydrogens is 199 g/mol. The highest BCUT2D eigenvalue weighted by atomic mass is 32.3. The molecule has 1 heterocycles. The van der Waals surface area contributed by atoms with E-state index in [1.165, 1.54) is 0 Å². The fourth-order valence-corrected chi connectivity index (χ4v) is 2.08. The van der Waals surface area contributed by atoms with Gasteiger partial charge >= 0.3 is 10.2 Å². The van der Waals surface area contributed by atoms with E-state index in [0.717, 1.165) is 0 Å². The van der Waals surface area contributed by atoms with Crippen LogP contribution in [0.5, 0.6) is 0 Å². The summed E-state index contributed by atoms with van der Waals surface area (Å²) in [7, 11) is -4.50. The van der Waals surface area contributed by atoms with Crippen LogP contribution >= 0.6 is 0 Å². The molecule has 0 saturated carbocycles. The van der Waals surface area contributed by atoms with Crippen LogP contribution in [0.3, 0.4) is 0 Å². The maximum atomic E-state index is 12.4. The monoisotopic (exact) mass is 212 g/mol. The van der Waals surface area contributed by atoms with Gasteiger partial charge in [-0.15, -0.1) is 3.89 Å². The first-order valence-corrected chi connectivity index (χ1v) is 5.54. The first-order chi connectivity index (χ1) is 5.81. The van der Waals surface area contributed by atoms with E-state index in [9.17, 15) is 12.3 Å². The summed E-state index contributed by atoms with van der Waals surface area (Å²) in [6.45, 7) is 4.09. The molecule has 1 rings (SSSR count). The first kappa shape index (κ1) is 10.9. The predicted octanol–water partition coefficient (Wildman–Crippen LogP) is 0.480. The zero-order chi connectivity index (χ0) is 10.1. The van der Waals surface area contributed by atoms with Crippen LogP contribution in [0.2, 0.25) is 0 Å². The van der Waals surface area contributed by atoms with Crippen LogP contribution in [-0.4, -0.2) is 39.1 Å². The molecule has 0 bridgehead atoms. The van der Waals surface area contributed by atoms with Gasteiger partial charge in [-0.25, -0.2) is 0 Å². The summed E-state index contributed by atoms with van der Waals surface area (Å²) >= 11 is 0. The minimum absolute atomic E-state index is 0.309. The Morgan fingerprint density at radius 3 is 2.54 bits per heavy atom. The Morgan fingerprint density at radius 2 is 2.08 bits per heavy atom. The number of hydrogen-bond acceptors (Lipinski definition) is 4.